The molecule has 0 aliphatic carbocycles. The molecule has 0 spiro atoms. The van der Waals surface area contributed by atoms with Crippen molar-refractivity contribution in [3.8, 4) is 0 Å². The van der Waals surface area contributed by atoms with Gasteiger partial charge >= 0.3 is 21.5 Å². The van der Waals surface area contributed by atoms with Crippen LogP contribution < -0.4 is 10.6 Å². The molecule has 1 rings (SSSR count). The van der Waals surface area contributed by atoms with Crippen molar-refractivity contribution in [3.63, 3.8) is 0 Å². The summed E-state index contributed by atoms with van der Waals surface area (Å²) >= 11 is 0. The van der Waals surface area contributed by atoms with Crippen molar-refractivity contribution in [3.05, 3.63) is 0 Å². The van der Waals surface area contributed by atoms with Crippen LogP contribution in [0.15, 0.2) is 4.99 Å². The fourth-order valence-corrected chi connectivity index (χ4v) is 3.14. The summed E-state index contributed by atoms with van der Waals surface area (Å²) in [5, 5.41) is 5.87. The third kappa shape index (κ3) is 5.51. The van der Waals surface area contributed by atoms with Crippen LogP contribution in [0.4, 0.5) is 13.2 Å². The number of hydrogen-bond donors (Lipinski definition) is 2. The van der Waals surface area contributed by atoms with E-state index in [2.05, 4.69) is 20.4 Å². The van der Waals surface area contributed by atoms with Gasteiger partial charge in [0.2, 0.25) is 0 Å². The van der Waals surface area contributed by atoms with Gasteiger partial charge in [-0.15, -0.1) is 0 Å². The standard InChI is InChI=1S/C12H21F3N4O4S/c1-16-11(17-6-3-10(20)23-2)18-9-4-7-19(8-5-9)24(21,22)12(13,14)15/h9H,3-8H2,1-2H3,(H2,16,17,18). The Morgan fingerprint density at radius 2 is 1.92 bits per heavy atom. The van der Waals surface area contributed by atoms with Gasteiger partial charge in [-0.1, -0.05) is 0 Å². The Labute approximate surface area is 138 Å². The molecule has 140 valence electrons. The molecule has 24 heavy (non-hydrogen) atoms. The molecule has 0 amide bonds. The minimum Gasteiger partial charge on any atom is -0.469 e. The summed E-state index contributed by atoms with van der Waals surface area (Å²) in [6, 6.07) is -0.214. The minimum atomic E-state index is -5.28. The number of guanidine groups is 1. The summed E-state index contributed by atoms with van der Waals surface area (Å²) in [7, 11) is -2.49. The fraction of sp³-hybridized carbons (Fsp3) is 0.833. The third-order valence-electron chi connectivity index (χ3n) is 3.50. The molecule has 0 bridgehead atoms. The van der Waals surface area contributed by atoms with Crippen molar-refractivity contribution >= 4 is 22.0 Å². The molecule has 0 saturated carbocycles. The van der Waals surface area contributed by atoms with Crippen LogP contribution in [0.25, 0.3) is 0 Å². The van der Waals surface area contributed by atoms with Gasteiger partial charge in [-0.3, -0.25) is 9.79 Å². The van der Waals surface area contributed by atoms with Crippen molar-refractivity contribution in [2.45, 2.75) is 30.8 Å². The van der Waals surface area contributed by atoms with Crippen LogP contribution in [0.5, 0.6) is 0 Å². The first-order chi connectivity index (χ1) is 11.1. The van der Waals surface area contributed by atoms with E-state index in [9.17, 15) is 26.4 Å². The Morgan fingerprint density at radius 1 is 1.33 bits per heavy atom. The highest BCUT2D eigenvalue weighted by atomic mass is 32.2. The summed E-state index contributed by atoms with van der Waals surface area (Å²) in [5.41, 5.74) is -5.28. The molecule has 1 aliphatic rings. The van der Waals surface area contributed by atoms with Crippen molar-refractivity contribution in [1.29, 1.82) is 0 Å². The largest absolute Gasteiger partial charge is 0.511 e. The number of ether oxygens (including phenoxy) is 1. The molecule has 0 aromatic heterocycles. The van der Waals surface area contributed by atoms with E-state index in [0.29, 0.717) is 10.3 Å². The number of hydrogen-bond acceptors (Lipinski definition) is 5. The summed E-state index contributed by atoms with van der Waals surface area (Å²) in [5.74, 6) is -0.000324. The summed E-state index contributed by atoms with van der Waals surface area (Å²) < 4.78 is 65.1. The molecule has 0 atom stereocenters. The molecule has 8 nitrogen and oxygen atoms in total. The number of esters is 1. The molecule has 1 heterocycles. The van der Waals surface area contributed by atoms with Gasteiger partial charge in [0.15, 0.2) is 5.96 Å². The normalized spacial score (nSPS) is 18.3. The molecule has 2 N–H and O–H groups in total. The van der Waals surface area contributed by atoms with Crippen LogP contribution in [0, 0.1) is 0 Å². The number of nitrogens with zero attached hydrogens (tertiary/aromatic N) is 2. The predicted molar refractivity (Wildman–Crippen MR) is 80.7 cm³/mol. The third-order valence-corrected chi connectivity index (χ3v) is 5.13. The average molecular weight is 374 g/mol. The second kappa shape index (κ2) is 8.51. The molecular weight excluding hydrogens is 353 g/mol. The lowest BCUT2D eigenvalue weighted by molar-refractivity contribution is -0.140. The first-order valence-electron chi connectivity index (χ1n) is 7.22. The van der Waals surface area contributed by atoms with Gasteiger partial charge in [0.05, 0.1) is 13.5 Å². The number of halogens is 3. The van der Waals surface area contributed by atoms with Crippen LogP contribution in [-0.4, -0.2) is 70.0 Å². The van der Waals surface area contributed by atoms with Crippen LogP contribution in [0.3, 0.4) is 0 Å². The SMILES string of the molecule is CN=C(NCCC(=O)OC)NC1CCN(S(=O)(=O)C(F)(F)F)CC1. The quantitative estimate of drug-likeness (QED) is 0.400. The Balaban J connectivity index is 2.46. The van der Waals surface area contributed by atoms with Gasteiger partial charge < -0.3 is 15.4 Å². The zero-order valence-electron chi connectivity index (χ0n) is 13.4. The first-order valence-corrected chi connectivity index (χ1v) is 8.66. The van der Waals surface area contributed by atoms with Gasteiger partial charge in [0.1, 0.15) is 0 Å². The fourth-order valence-electron chi connectivity index (χ4n) is 2.16. The molecule has 1 fully saturated rings. The number of sulfonamides is 1. The Morgan fingerprint density at radius 3 is 2.38 bits per heavy atom. The Bertz CT molecular complexity index is 557. The number of rotatable bonds is 5. The smallest absolute Gasteiger partial charge is 0.469 e. The van der Waals surface area contributed by atoms with Crippen LogP contribution in [0.2, 0.25) is 0 Å². The highest BCUT2D eigenvalue weighted by molar-refractivity contribution is 7.90. The molecule has 0 radical (unpaired) electrons. The van der Waals surface area contributed by atoms with Crippen molar-refractivity contribution in [2.75, 3.05) is 33.8 Å². The number of methoxy groups -OCH3 is 1. The van der Waals surface area contributed by atoms with Gasteiger partial charge in [-0.25, -0.2) is 8.42 Å². The number of piperidine rings is 1. The molecule has 1 aliphatic heterocycles. The monoisotopic (exact) mass is 374 g/mol. The molecular formula is C12H21F3N4O4S. The predicted octanol–water partition coefficient (Wildman–Crippen LogP) is 0.0285. The number of nitrogens with one attached hydrogen (secondary N) is 2. The summed E-state index contributed by atoms with van der Waals surface area (Å²) in [4.78, 5) is 14.9. The molecule has 0 unspecified atom stereocenters. The van der Waals surface area contributed by atoms with Crippen LogP contribution in [-0.2, 0) is 19.6 Å². The summed E-state index contributed by atoms with van der Waals surface area (Å²) in [6.45, 7) is -0.162. The maximum Gasteiger partial charge on any atom is 0.511 e. The second-order valence-electron chi connectivity index (χ2n) is 5.09. The Kier molecular flexibility index (Phi) is 7.27. The second-order valence-corrected chi connectivity index (χ2v) is 7.02. The van der Waals surface area contributed by atoms with E-state index >= 15 is 0 Å². The molecule has 1 saturated heterocycles. The first kappa shape index (κ1) is 20.5. The average Bonchev–Trinajstić information content (AvgIpc) is 2.53. The maximum atomic E-state index is 12.5. The van der Waals surface area contributed by atoms with Crippen molar-refractivity contribution < 1.29 is 31.1 Å². The van der Waals surface area contributed by atoms with Gasteiger partial charge in [-0.05, 0) is 12.8 Å². The van der Waals surface area contributed by atoms with E-state index in [1.54, 1.807) is 0 Å². The van der Waals surface area contributed by atoms with E-state index < -0.39 is 15.5 Å². The van der Waals surface area contributed by atoms with E-state index in [1.165, 1.54) is 14.2 Å². The number of carbonyl (C=O) groups is 1. The summed E-state index contributed by atoms with van der Waals surface area (Å²) in [6.07, 6.45) is 0.569. The molecule has 0 aromatic rings. The Hall–Kier alpha value is -1.56. The van der Waals surface area contributed by atoms with Crippen molar-refractivity contribution in [2.24, 2.45) is 4.99 Å². The van der Waals surface area contributed by atoms with Crippen LogP contribution in [0.1, 0.15) is 19.3 Å². The molecule has 0 aromatic carbocycles. The van der Waals surface area contributed by atoms with Gasteiger partial charge in [0.25, 0.3) is 0 Å². The number of aliphatic imine (C=N–C) groups is 1. The van der Waals surface area contributed by atoms with Crippen molar-refractivity contribution in [1.82, 2.24) is 14.9 Å². The van der Waals surface area contributed by atoms with Crippen LogP contribution >= 0.6 is 0 Å². The van der Waals surface area contributed by atoms with Gasteiger partial charge in [-0.2, -0.15) is 17.5 Å². The number of carbonyl (C=O) groups excluding carboxylic acids is 1. The van der Waals surface area contributed by atoms with E-state index in [0.717, 1.165) is 0 Å². The van der Waals surface area contributed by atoms with E-state index in [1.807, 2.05) is 0 Å². The zero-order valence-corrected chi connectivity index (χ0v) is 14.2. The highest BCUT2D eigenvalue weighted by Gasteiger charge is 2.50. The topological polar surface area (TPSA) is 100 Å². The number of alkyl halides is 3. The lowest BCUT2D eigenvalue weighted by Crippen LogP contribution is -2.51. The minimum absolute atomic E-state index is 0.138. The lowest BCUT2D eigenvalue weighted by Gasteiger charge is -2.32. The highest BCUT2D eigenvalue weighted by Crippen LogP contribution is 2.28. The van der Waals surface area contributed by atoms with E-state index in [-0.39, 0.29) is 50.9 Å². The zero-order chi connectivity index (χ0) is 18.4. The van der Waals surface area contributed by atoms with E-state index in [4.69, 9.17) is 0 Å². The van der Waals surface area contributed by atoms with Gasteiger partial charge in [0, 0.05) is 32.7 Å². The molecule has 12 heteroatoms. The maximum absolute atomic E-state index is 12.5. The lowest BCUT2D eigenvalue weighted by atomic mass is 10.1.